The summed E-state index contributed by atoms with van der Waals surface area (Å²) in [5, 5.41) is 0. The van der Waals surface area contributed by atoms with E-state index in [9.17, 15) is 0 Å². The molecule has 0 aliphatic carbocycles. The molecule has 0 aromatic heterocycles. The van der Waals surface area contributed by atoms with Crippen LogP contribution in [-0.4, -0.2) is 74.3 Å². The van der Waals surface area contributed by atoms with Gasteiger partial charge in [0.2, 0.25) is 0 Å². The van der Waals surface area contributed by atoms with E-state index in [0.717, 1.165) is 0 Å². The van der Waals surface area contributed by atoms with Crippen molar-refractivity contribution in [1.82, 2.24) is 0 Å². The Labute approximate surface area is 186 Å². The van der Waals surface area contributed by atoms with Crippen LogP contribution in [0.2, 0.25) is 0 Å². The average Bonchev–Trinajstić information content (AvgIpc) is 0. The van der Waals surface area contributed by atoms with Crippen LogP contribution in [0.5, 0.6) is 0 Å². The Morgan fingerprint density at radius 1 is 0.267 bits per heavy atom. The fraction of sp³-hybridized carbons (Fsp3) is 0. The average molecular weight is 515 g/mol. The molecule has 0 fully saturated rings. The molecule has 0 atom stereocenters. The van der Waals surface area contributed by atoms with Crippen molar-refractivity contribution >= 4 is 74.3 Å². The summed E-state index contributed by atoms with van der Waals surface area (Å²) in [5.74, 6) is 0. The SMILES string of the molecule is [Al+3].[Al+3].[Ga+3].[Ga+3].[O-2].[O-2].[O-2].[O-2].[O-2].[O-2].[O-2].[O-2].[O-2].[Y+3].[Y+3]. The summed E-state index contributed by atoms with van der Waals surface area (Å²) in [6, 6.07) is 0. The topological polar surface area (TPSA) is 256 Å². The van der Waals surface area contributed by atoms with Crippen molar-refractivity contribution in [3.05, 3.63) is 0 Å². The van der Waals surface area contributed by atoms with Crippen molar-refractivity contribution in [2.24, 2.45) is 0 Å². The third-order valence-corrected chi connectivity index (χ3v) is 0. The Kier molecular flexibility index (Phi) is 7400. The summed E-state index contributed by atoms with van der Waals surface area (Å²) < 4.78 is 0. The van der Waals surface area contributed by atoms with Crippen molar-refractivity contribution in [2.75, 3.05) is 0 Å². The zero-order valence-electron chi connectivity index (χ0n) is 7.14. The first-order chi connectivity index (χ1) is 0. The molecule has 15 heteroatoms. The Bertz CT molecular complexity index is 24.1. The molecule has 0 rings (SSSR count). The Balaban J connectivity index is 0. The molecule has 9 nitrogen and oxygen atoms in total. The van der Waals surface area contributed by atoms with E-state index < -0.39 is 0 Å². The zero-order chi connectivity index (χ0) is 0. The summed E-state index contributed by atoms with van der Waals surface area (Å²) in [7, 11) is 0. The molecule has 0 spiro atoms. The Morgan fingerprint density at radius 3 is 0.267 bits per heavy atom. The summed E-state index contributed by atoms with van der Waals surface area (Å²) in [5.41, 5.74) is 0. The maximum absolute atomic E-state index is 0. The third kappa shape index (κ3) is 272. The van der Waals surface area contributed by atoms with Crippen molar-refractivity contribution in [3.8, 4) is 0 Å². The van der Waals surface area contributed by atoms with Gasteiger partial charge < -0.3 is 49.3 Å². The Morgan fingerprint density at radius 2 is 0.267 bits per heavy atom. The predicted molar refractivity (Wildman–Crippen MR) is 29.2 cm³/mol. The molecule has 0 aromatic rings. The first-order valence-electron chi connectivity index (χ1n) is 0. The monoisotopic (exact) mass is 514 g/mol. The maximum Gasteiger partial charge on any atom is 3.00 e. The van der Waals surface area contributed by atoms with E-state index in [0.29, 0.717) is 0 Å². The summed E-state index contributed by atoms with van der Waals surface area (Å²) in [4.78, 5) is 0. The molecule has 0 amide bonds. The van der Waals surface area contributed by atoms with Gasteiger partial charge in [0.15, 0.2) is 0 Å². The fourth-order valence-corrected chi connectivity index (χ4v) is 0. The second-order valence-corrected chi connectivity index (χ2v) is 0. The molecular formula is Al2Ga2O9Y2. The van der Waals surface area contributed by atoms with Gasteiger partial charge >= 0.3 is 140 Å². The predicted octanol–water partition coefficient (Wildman–Crippen LogP) is -2.60. The van der Waals surface area contributed by atoms with E-state index in [-0.39, 0.29) is 189 Å². The second kappa shape index (κ2) is 307. The van der Waals surface area contributed by atoms with Crippen molar-refractivity contribution in [2.45, 2.75) is 0 Å². The van der Waals surface area contributed by atoms with Crippen molar-refractivity contribution < 1.29 is 115 Å². The third-order valence-electron chi connectivity index (χ3n) is 0. The Hall–Kier alpha value is 4.19. The summed E-state index contributed by atoms with van der Waals surface area (Å²) >= 11 is 0. The van der Waals surface area contributed by atoms with Crippen LogP contribution in [0.25, 0.3) is 0 Å². The van der Waals surface area contributed by atoms with E-state index in [1.54, 1.807) is 0 Å². The summed E-state index contributed by atoms with van der Waals surface area (Å²) in [6.45, 7) is 0. The molecule has 0 unspecified atom stereocenters. The number of hydrogen-bond donors (Lipinski definition) is 0. The van der Waals surface area contributed by atoms with Crippen molar-refractivity contribution in [1.29, 1.82) is 0 Å². The minimum Gasteiger partial charge on any atom is -2.00 e. The number of hydrogen-bond acceptors (Lipinski definition) is 0. The molecule has 0 saturated carbocycles. The minimum absolute atomic E-state index is 0. The van der Waals surface area contributed by atoms with Crippen LogP contribution in [0.1, 0.15) is 0 Å². The molecule has 0 aromatic carbocycles. The van der Waals surface area contributed by atoms with Crippen molar-refractivity contribution in [3.63, 3.8) is 0 Å². The molecule has 0 heterocycles. The molecule has 0 N–H and O–H groups in total. The van der Waals surface area contributed by atoms with Gasteiger partial charge in [-0.05, 0) is 0 Å². The van der Waals surface area contributed by atoms with E-state index >= 15 is 0 Å². The fourth-order valence-electron chi connectivity index (χ4n) is 0. The molecule has 0 aliphatic rings. The van der Waals surface area contributed by atoms with Crippen LogP contribution in [-0.2, 0) is 115 Å². The smallest absolute Gasteiger partial charge is 2.00 e. The van der Waals surface area contributed by atoms with E-state index in [1.165, 1.54) is 0 Å². The zero-order valence-corrected chi connectivity index (χ0v) is 20.0. The molecule has 0 radical (unpaired) electrons. The van der Waals surface area contributed by atoms with Crippen LogP contribution in [0.4, 0.5) is 0 Å². The van der Waals surface area contributed by atoms with Gasteiger partial charge in [-0.3, -0.25) is 0 Å². The molecule has 0 aliphatic heterocycles. The first kappa shape index (κ1) is 362. The molecule has 15 heavy (non-hydrogen) atoms. The van der Waals surface area contributed by atoms with Crippen LogP contribution in [0.15, 0.2) is 0 Å². The van der Waals surface area contributed by atoms with E-state index in [1.807, 2.05) is 0 Å². The van der Waals surface area contributed by atoms with Gasteiger partial charge in [-0.1, -0.05) is 0 Å². The molecule has 0 bridgehead atoms. The quantitative estimate of drug-likeness (QED) is 0.301. The van der Waals surface area contributed by atoms with Crippen LogP contribution < -0.4 is 0 Å². The van der Waals surface area contributed by atoms with Gasteiger partial charge in [0.1, 0.15) is 0 Å². The second-order valence-electron chi connectivity index (χ2n) is 0. The summed E-state index contributed by atoms with van der Waals surface area (Å²) in [6.07, 6.45) is 0. The molecule has 72 valence electrons. The van der Waals surface area contributed by atoms with Gasteiger partial charge in [-0.2, -0.15) is 0 Å². The minimum atomic E-state index is 0. The van der Waals surface area contributed by atoms with E-state index in [4.69, 9.17) is 0 Å². The van der Waals surface area contributed by atoms with Gasteiger partial charge in [0.25, 0.3) is 0 Å². The van der Waals surface area contributed by atoms with Gasteiger partial charge in [0, 0.05) is 0 Å². The molecule has 0 saturated heterocycles. The normalized spacial score (nSPS) is 0. The number of rotatable bonds is 0. The van der Waals surface area contributed by atoms with Gasteiger partial charge in [0.05, 0.1) is 0 Å². The van der Waals surface area contributed by atoms with E-state index in [2.05, 4.69) is 0 Å². The standard InChI is InChI=1S/2Al.2Ga.9O.2Y/q4*+3;9*-2;2*+3. The van der Waals surface area contributed by atoms with Gasteiger partial charge in [-0.15, -0.1) is 0 Å². The van der Waals surface area contributed by atoms with Gasteiger partial charge in [-0.25, -0.2) is 0 Å². The largest absolute Gasteiger partial charge is 3.00 e. The van der Waals surface area contributed by atoms with Crippen LogP contribution in [0.3, 0.4) is 0 Å². The van der Waals surface area contributed by atoms with Crippen LogP contribution in [0, 0.1) is 0 Å². The first-order valence-corrected chi connectivity index (χ1v) is 0. The molecular weight excluding hydrogens is 515 g/mol. The van der Waals surface area contributed by atoms with Crippen LogP contribution >= 0.6 is 0 Å². The maximum atomic E-state index is 0.